The number of rotatable bonds is 3. The summed E-state index contributed by atoms with van der Waals surface area (Å²) in [6.07, 6.45) is 0. The predicted octanol–water partition coefficient (Wildman–Crippen LogP) is 5.58. The molecule has 0 aliphatic heterocycles. The zero-order valence-electron chi connectivity index (χ0n) is 15.2. The van der Waals surface area contributed by atoms with Crippen LogP contribution in [0, 0.1) is 13.8 Å². The Morgan fingerprint density at radius 1 is 0.885 bits per heavy atom. The number of ether oxygens (including phenoxy) is 1. The number of benzene rings is 3. The highest BCUT2D eigenvalue weighted by atomic mass is 16.5. The fourth-order valence-corrected chi connectivity index (χ4v) is 3.52. The van der Waals surface area contributed by atoms with E-state index in [4.69, 9.17) is 4.74 Å². The molecule has 1 heterocycles. The lowest BCUT2D eigenvalue weighted by molar-refractivity contribution is 0.0526. The normalized spacial score (nSPS) is 11.2. The average molecular weight is 343 g/mol. The summed E-state index contributed by atoms with van der Waals surface area (Å²) in [5.74, 6) is -0.290. The van der Waals surface area contributed by atoms with Gasteiger partial charge in [-0.05, 0) is 63.2 Å². The Hall–Kier alpha value is -3.07. The number of hydrogen-bond donors (Lipinski definition) is 0. The minimum absolute atomic E-state index is 0.290. The molecule has 0 N–H and O–H groups in total. The summed E-state index contributed by atoms with van der Waals surface area (Å²) >= 11 is 0. The van der Waals surface area contributed by atoms with Gasteiger partial charge in [-0.15, -0.1) is 0 Å². The molecule has 26 heavy (non-hydrogen) atoms. The molecule has 0 fully saturated rings. The lowest BCUT2D eigenvalue weighted by Gasteiger charge is -2.10. The fraction of sp³-hybridized carbons (Fsp3) is 0.174. The van der Waals surface area contributed by atoms with Crippen molar-refractivity contribution in [3.05, 3.63) is 77.4 Å². The quantitative estimate of drug-likeness (QED) is 0.455. The zero-order chi connectivity index (χ0) is 18.3. The van der Waals surface area contributed by atoms with Crippen LogP contribution in [0.2, 0.25) is 0 Å². The van der Waals surface area contributed by atoms with E-state index in [1.807, 2.05) is 25.1 Å². The number of aryl methyl sites for hydroxylation is 2. The lowest BCUT2D eigenvalue weighted by Crippen LogP contribution is -2.05. The third-order valence-corrected chi connectivity index (χ3v) is 4.69. The fourth-order valence-electron chi connectivity index (χ4n) is 3.52. The number of esters is 1. The summed E-state index contributed by atoms with van der Waals surface area (Å²) in [5, 5.41) is 2.45. The topological polar surface area (TPSA) is 31.2 Å². The summed E-state index contributed by atoms with van der Waals surface area (Å²) in [5.41, 5.74) is 6.27. The molecule has 0 unspecified atom stereocenters. The van der Waals surface area contributed by atoms with Crippen LogP contribution in [0.4, 0.5) is 0 Å². The smallest absolute Gasteiger partial charge is 0.338 e. The van der Waals surface area contributed by atoms with Gasteiger partial charge in [-0.1, -0.05) is 29.3 Å². The van der Waals surface area contributed by atoms with E-state index in [1.54, 1.807) is 6.07 Å². The van der Waals surface area contributed by atoms with Crippen molar-refractivity contribution in [2.45, 2.75) is 20.8 Å². The maximum atomic E-state index is 12.2. The van der Waals surface area contributed by atoms with Crippen LogP contribution < -0.4 is 0 Å². The molecule has 0 aliphatic rings. The SMILES string of the molecule is CCOC(=O)c1cccc(-n2c3ccc(C)cc3c3cc(C)ccc32)c1. The Bertz CT molecular complexity index is 1080. The molecule has 0 spiro atoms. The molecule has 1 aromatic heterocycles. The first-order chi connectivity index (χ1) is 12.6. The maximum Gasteiger partial charge on any atom is 0.338 e. The summed E-state index contributed by atoms with van der Waals surface area (Å²) in [7, 11) is 0. The molecule has 130 valence electrons. The summed E-state index contributed by atoms with van der Waals surface area (Å²) in [6.45, 7) is 6.41. The van der Waals surface area contributed by atoms with Gasteiger partial charge in [0.25, 0.3) is 0 Å². The van der Waals surface area contributed by atoms with Crippen molar-refractivity contribution < 1.29 is 9.53 Å². The monoisotopic (exact) mass is 343 g/mol. The highest BCUT2D eigenvalue weighted by Gasteiger charge is 2.14. The Labute approximate surface area is 152 Å². The van der Waals surface area contributed by atoms with Crippen molar-refractivity contribution in [3.8, 4) is 5.69 Å². The minimum Gasteiger partial charge on any atom is -0.462 e. The summed E-state index contributed by atoms with van der Waals surface area (Å²) in [6, 6.07) is 20.6. The number of carbonyl (C=O) groups excluding carboxylic acids is 1. The molecule has 0 bridgehead atoms. The van der Waals surface area contributed by atoms with Crippen LogP contribution in [-0.4, -0.2) is 17.1 Å². The molecule has 3 nitrogen and oxygen atoms in total. The first kappa shape index (κ1) is 16.4. The third-order valence-electron chi connectivity index (χ3n) is 4.69. The van der Waals surface area contributed by atoms with E-state index in [0.717, 1.165) is 16.7 Å². The molecule has 0 amide bonds. The van der Waals surface area contributed by atoms with E-state index in [0.29, 0.717) is 12.2 Å². The molecule has 0 saturated carbocycles. The van der Waals surface area contributed by atoms with E-state index in [1.165, 1.54) is 21.9 Å². The molecule has 4 aromatic rings. The molecule has 3 heteroatoms. The first-order valence-electron chi connectivity index (χ1n) is 8.87. The molecule has 0 atom stereocenters. The van der Waals surface area contributed by atoms with E-state index >= 15 is 0 Å². The maximum absolute atomic E-state index is 12.2. The van der Waals surface area contributed by atoms with Crippen molar-refractivity contribution in [1.29, 1.82) is 0 Å². The van der Waals surface area contributed by atoms with Crippen LogP contribution in [0.5, 0.6) is 0 Å². The Balaban J connectivity index is 2.02. The van der Waals surface area contributed by atoms with Gasteiger partial charge in [0.05, 0.1) is 23.2 Å². The van der Waals surface area contributed by atoms with Crippen LogP contribution in [-0.2, 0) is 4.74 Å². The number of hydrogen-bond acceptors (Lipinski definition) is 2. The average Bonchev–Trinajstić information content (AvgIpc) is 2.95. The van der Waals surface area contributed by atoms with Gasteiger partial charge < -0.3 is 9.30 Å². The zero-order valence-corrected chi connectivity index (χ0v) is 15.2. The molecule has 3 aromatic carbocycles. The summed E-state index contributed by atoms with van der Waals surface area (Å²) < 4.78 is 7.37. The van der Waals surface area contributed by atoms with Crippen molar-refractivity contribution >= 4 is 27.8 Å². The van der Waals surface area contributed by atoms with Gasteiger partial charge in [0, 0.05) is 16.5 Å². The van der Waals surface area contributed by atoms with Crippen LogP contribution in [0.15, 0.2) is 60.7 Å². The number of fused-ring (bicyclic) bond motifs is 3. The number of nitrogens with zero attached hydrogens (tertiary/aromatic N) is 1. The van der Waals surface area contributed by atoms with Crippen molar-refractivity contribution in [2.24, 2.45) is 0 Å². The molecule has 0 radical (unpaired) electrons. The van der Waals surface area contributed by atoms with Gasteiger partial charge in [-0.2, -0.15) is 0 Å². The minimum atomic E-state index is -0.290. The van der Waals surface area contributed by atoms with Crippen LogP contribution in [0.25, 0.3) is 27.5 Å². The predicted molar refractivity (Wildman–Crippen MR) is 106 cm³/mol. The highest BCUT2D eigenvalue weighted by molar-refractivity contribution is 6.09. The second-order valence-electron chi connectivity index (χ2n) is 6.65. The van der Waals surface area contributed by atoms with Crippen molar-refractivity contribution in [1.82, 2.24) is 4.57 Å². The van der Waals surface area contributed by atoms with E-state index in [2.05, 4.69) is 54.8 Å². The molecule has 0 saturated heterocycles. The highest BCUT2D eigenvalue weighted by Crippen LogP contribution is 2.33. The van der Waals surface area contributed by atoms with Crippen LogP contribution >= 0.6 is 0 Å². The second kappa shape index (κ2) is 6.34. The third kappa shape index (κ3) is 2.66. The standard InChI is InChI=1S/C23H21NO2/c1-4-26-23(25)17-6-5-7-18(14-17)24-21-10-8-15(2)12-19(21)20-13-16(3)9-11-22(20)24/h5-14H,4H2,1-3H3. The molecule has 4 rings (SSSR count). The van der Waals surface area contributed by atoms with Crippen LogP contribution in [0.3, 0.4) is 0 Å². The van der Waals surface area contributed by atoms with Gasteiger partial charge in [-0.3, -0.25) is 0 Å². The van der Waals surface area contributed by atoms with Gasteiger partial charge >= 0.3 is 5.97 Å². The largest absolute Gasteiger partial charge is 0.462 e. The van der Waals surface area contributed by atoms with Gasteiger partial charge in [0.2, 0.25) is 0 Å². The van der Waals surface area contributed by atoms with Crippen molar-refractivity contribution in [2.75, 3.05) is 6.61 Å². The van der Waals surface area contributed by atoms with E-state index in [-0.39, 0.29) is 5.97 Å². The molecule has 0 aliphatic carbocycles. The van der Waals surface area contributed by atoms with E-state index < -0.39 is 0 Å². The number of aromatic nitrogens is 1. The van der Waals surface area contributed by atoms with Gasteiger partial charge in [0.1, 0.15) is 0 Å². The molecular weight excluding hydrogens is 322 g/mol. The Morgan fingerprint density at radius 2 is 1.50 bits per heavy atom. The van der Waals surface area contributed by atoms with E-state index in [9.17, 15) is 4.79 Å². The first-order valence-corrected chi connectivity index (χ1v) is 8.87. The molecular formula is C23H21NO2. The summed E-state index contributed by atoms with van der Waals surface area (Å²) in [4.78, 5) is 12.2. The van der Waals surface area contributed by atoms with Gasteiger partial charge in [0.15, 0.2) is 0 Å². The lowest BCUT2D eigenvalue weighted by atomic mass is 10.1. The van der Waals surface area contributed by atoms with Crippen molar-refractivity contribution in [3.63, 3.8) is 0 Å². The Kier molecular flexibility index (Phi) is 4.00. The van der Waals surface area contributed by atoms with Crippen LogP contribution in [0.1, 0.15) is 28.4 Å². The van der Waals surface area contributed by atoms with Gasteiger partial charge in [-0.25, -0.2) is 4.79 Å². The number of carbonyl (C=O) groups is 1. The Morgan fingerprint density at radius 3 is 2.08 bits per heavy atom. The second-order valence-corrected chi connectivity index (χ2v) is 6.65.